The number of hydrogen-bond acceptors (Lipinski definition) is 4. The molecule has 0 heterocycles. The molecule has 4 nitrogen and oxygen atoms in total. The van der Waals surface area contributed by atoms with E-state index < -0.39 is 9.84 Å². The van der Waals surface area contributed by atoms with E-state index in [9.17, 15) is 13.5 Å². The third-order valence-electron chi connectivity index (χ3n) is 3.72. The van der Waals surface area contributed by atoms with Gasteiger partial charge in [-0.1, -0.05) is 13.3 Å². The minimum atomic E-state index is -2.90. The van der Waals surface area contributed by atoms with Crippen LogP contribution in [0, 0.1) is 11.8 Å². The molecule has 0 aromatic heterocycles. The summed E-state index contributed by atoms with van der Waals surface area (Å²) >= 11 is 0. The molecule has 17 heavy (non-hydrogen) atoms. The van der Waals surface area contributed by atoms with E-state index in [-0.39, 0.29) is 24.2 Å². The number of hydrogen-bond donors (Lipinski definition) is 2. The second-order valence-corrected chi connectivity index (χ2v) is 7.54. The number of aliphatic hydroxyl groups excluding tert-OH is 1. The number of rotatable bonds is 7. The summed E-state index contributed by atoms with van der Waals surface area (Å²) in [4.78, 5) is 0. The minimum Gasteiger partial charge on any atom is -0.396 e. The smallest absolute Gasteiger partial charge is 0.151 e. The summed E-state index contributed by atoms with van der Waals surface area (Å²) in [6, 6.07) is -0.0000992. The lowest BCUT2D eigenvalue weighted by Crippen LogP contribution is -2.37. The van der Waals surface area contributed by atoms with Crippen LogP contribution in [0.5, 0.6) is 0 Å². The maximum atomic E-state index is 11.4. The van der Waals surface area contributed by atoms with Crippen molar-refractivity contribution in [2.24, 2.45) is 11.8 Å². The van der Waals surface area contributed by atoms with Crippen LogP contribution in [0.2, 0.25) is 0 Å². The average molecular weight is 263 g/mol. The van der Waals surface area contributed by atoms with Gasteiger partial charge in [-0.2, -0.15) is 0 Å². The third-order valence-corrected chi connectivity index (χ3v) is 5.61. The van der Waals surface area contributed by atoms with Crippen LogP contribution in [0.3, 0.4) is 0 Å². The number of aliphatic hydroxyl groups is 1. The first-order valence-corrected chi connectivity index (χ1v) is 8.35. The first-order chi connectivity index (χ1) is 7.98. The van der Waals surface area contributed by atoms with Gasteiger partial charge in [-0.15, -0.1) is 0 Å². The first kappa shape index (κ1) is 14.9. The maximum absolute atomic E-state index is 11.4. The molecule has 1 fully saturated rings. The van der Waals surface area contributed by atoms with E-state index in [4.69, 9.17) is 0 Å². The molecule has 0 saturated heterocycles. The van der Waals surface area contributed by atoms with Gasteiger partial charge in [0.2, 0.25) is 0 Å². The van der Waals surface area contributed by atoms with Crippen molar-refractivity contribution in [3.63, 3.8) is 0 Å². The SMILES string of the molecule is CCS(=O)(=O)CC(C)NCC1CCCC1CO. The van der Waals surface area contributed by atoms with Crippen LogP contribution in [-0.4, -0.2) is 44.2 Å². The summed E-state index contributed by atoms with van der Waals surface area (Å²) in [6.45, 7) is 4.68. The Morgan fingerprint density at radius 3 is 2.59 bits per heavy atom. The van der Waals surface area contributed by atoms with Gasteiger partial charge in [0.1, 0.15) is 0 Å². The first-order valence-electron chi connectivity index (χ1n) is 6.53. The zero-order valence-corrected chi connectivity index (χ0v) is 11.7. The van der Waals surface area contributed by atoms with Gasteiger partial charge >= 0.3 is 0 Å². The van der Waals surface area contributed by atoms with Crippen molar-refractivity contribution in [1.29, 1.82) is 0 Å². The molecule has 0 aromatic rings. The Kier molecular flexibility index (Phi) is 5.89. The molecule has 0 aromatic carbocycles. The van der Waals surface area contributed by atoms with Gasteiger partial charge in [-0.05, 0) is 38.1 Å². The van der Waals surface area contributed by atoms with Gasteiger partial charge < -0.3 is 10.4 Å². The van der Waals surface area contributed by atoms with Crippen molar-refractivity contribution in [2.45, 2.75) is 39.2 Å². The maximum Gasteiger partial charge on any atom is 0.151 e. The lowest BCUT2D eigenvalue weighted by molar-refractivity contribution is 0.191. The van der Waals surface area contributed by atoms with Crippen LogP contribution in [0.25, 0.3) is 0 Å². The van der Waals surface area contributed by atoms with Gasteiger partial charge in [0.05, 0.1) is 5.75 Å². The molecular formula is C12H25NO3S. The second kappa shape index (κ2) is 6.71. The van der Waals surface area contributed by atoms with Crippen LogP contribution >= 0.6 is 0 Å². The molecule has 1 saturated carbocycles. The molecule has 5 heteroatoms. The minimum absolute atomic E-state index is 0.0000992. The summed E-state index contributed by atoms with van der Waals surface area (Å²) in [5.74, 6) is 1.33. The van der Waals surface area contributed by atoms with Crippen LogP contribution in [0.15, 0.2) is 0 Å². The highest BCUT2D eigenvalue weighted by Gasteiger charge is 2.26. The fraction of sp³-hybridized carbons (Fsp3) is 1.00. The summed E-state index contributed by atoms with van der Waals surface area (Å²) in [5, 5.41) is 12.5. The molecule has 0 bridgehead atoms. The van der Waals surface area contributed by atoms with E-state index in [2.05, 4.69) is 5.32 Å². The molecule has 0 radical (unpaired) electrons. The molecular weight excluding hydrogens is 238 g/mol. The predicted octanol–water partition coefficient (Wildman–Crippen LogP) is 0.808. The number of sulfone groups is 1. The lowest BCUT2D eigenvalue weighted by atomic mass is 9.97. The Labute approximate surface area is 105 Å². The van der Waals surface area contributed by atoms with Crippen molar-refractivity contribution in [1.82, 2.24) is 5.32 Å². The molecule has 1 aliphatic carbocycles. The Hall–Kier alpha value is -0.130. The zero-order valence-electron chi connectivity index (χ0n) is 10.9. The largest absolute Gasteiger partial charge is 0.396 e. The zero-order chi connectivity index (χ0) is 12.9. The van der Waals surface area contributed by atoms with Gasteiger partial charge in [0.25, 0.3) is 0 Å². The van der Waals surface area contributed by atoms with E-state index in [0.717, 1.165) is 19.4 Å². The summed E-state index contributed by atoms with van der Waals surface area (Å²) < 4.78 is 22.9. The van der Waals surface area contributed by atoms with E-state index in [0.29, 0.717) is 11.8 Å². The Morgan fingerprint density at radius 1 is 1.35 bits per heavy atom. The normalized spacial score (nSPS) is 27.2. The van der Waals surface area contributed by atoms with Crippen molar-refractivity contribution in [2.75, 3.05) is 24.7 Å². The van der Waals surface area contributed by atoms with Crippen LogP contribution in [0.4, 0.5) is 0 Å². The van der Waals surface area contributed by atoms with E-state index >= 15 is 0 Å². The topological polar surface area (TPSA) is 66.4 Å². The third kappa shape index (κ3) is 4.94. The molecule has 3 unspecified atom stereocenters. The molecule has 1 rings (SSSR count). The average Bonchev–Trinajstić information content (AvgIpc) is 2.73. The standard InChI is InChI=1S/C12H25NO3S/c1-3-17(15,16)9-10(2)13-7-11-5-4-6-12(11)8-14/h10-14H,3-9H2,1-2H3. The molecule has 3 atom stereocenters. The second-order valence-electron chi connectivity index (χ2n) is 5.14. The highest BCUT2D eigenvalue weighted by Crippen LogP contribution is 2.30. The molecule has 102 valence electrons. The van der Waals surface area contributed by atoms with Crippen molar-refractivity contribution >= 4 is 9.84 Å². The van der Waals surface area contributed by atoms with Crippen molar-refractivity contribution in [3.8, 4) is 0 Å². The molecule has 1 aliphatic rings. The Bertz CT molecular complexity index is 316. The Balaban J connectivity index is 2.30. The fourth-order valence-electron chi connectivity index (χ4n) is 2.53. The van der Waals surface area contributed by atoms with Gasteiger partial charge in [-0.3, -0.25) is 0 Å². The van der Waals surface area contributed by atoms with Crippen LogP contribution in [0.1, 0.15) is 33.1 Å². The van der Waals surface area contributed by atoms with E-state index in [1.54, 1.807) is 6.92 Å². The molecule has 0 amide bonds. The van der Waals surface area contributed by atoms with E-state index in [1.165, 1.54) is 6.42 Å². The lowest BCUT2D eigenvalue weighted by Gasteiger charge is -2.21. The van der Waals surface area contributed by atoms with Crippen LogP contribution in [-0.2, 0) is 9.84 Å². The number of nitrogens with one attached hydrogen (secondary N) is 1. The fourth-order valence-corrected chi connectivity index (χ4v) is 3.65. The van der Waals surface area contributed by atoms with Crippen LogP contribution < -0.4 is 5.32 Å². The highest BCUT2D eigenvalue weighted by atomic mass is 32.2. The summed E-state index contributed by atoms with van der Waals surface area (Å²) in [5.41, 5.74) is 0. The quantitative estimate of drug-likeness (QED) is 0.713. The van der Waals surface area contributed by atoms with Gasteiger partial charge in [0.15, 0.2) is 9.84 Å². The Morgan fingerprint density at radius 2 is 2.00 bits per heavy atom. The molecule has 0 aliphatic heterocycles. The summed E-state index contributed by atoms with van der Waals surface area (Å²) in [6.07, 6.45) is 3.43. The predicted molar refractivity (Wildman–Crippen MR) is 69.7 cm³/mol. The van der Waals surface area contributed by atoms with Crippen molar-refractivity contribution in [3.05, 3.63) is 0 Å². The summed E-state index contributed by atoms with van der Waals surface area (Å²) in [7, 11) is -2.90. The highest BCUT2D eigenvalue weighted by molar-refractivity contribution is 7.91. The van der Waals surface area contributed by atoms with E-state index in [1.807, 2.05) is 6.92 Å². The monoisotopic (exact) mass is 263 g/mol. The van der Waals surface area contributed by atoms with Gasteiger partial charge in [0, 0.05) is 18.4 Å². The molecule has 2 N–H and O–H groups in total. The van der Waals surface area contributed by atoms with Crippen molar-refractivity contribution < 1.29 is 13.5 Å². The molecule has 0 spiro atoms. The van der Waals surface area contributed by atoms with Gasteiger partial charge in [-0.25, -0.2) is 8.42 Å².